The fraction of sp³-hybridized carbons (Fsp3) is 0.500. The smallest absolute Gasteiger partial charge is 0.267 e. The van der Waals surface area contributed by atoms with Crippen LogP contribution in [0.5, 0.6) is 5.75 Å². The van der Waals surface area contributed by atoms with Gasteiger partial charge in [-0.15, -0.1) is 0 Å². The van der Waals surface area contributed by atoms with E-state index in [4.69, 9.17) is 5.73 Å². The van der Waals surface area contributed by atoms with Crippen LogP contribution < -0.4 is 5.73 Å². The van der Waals surface area contributed by atoms with Crippen LogP contribution in [-0.4, -0.2) is 11.7 Å². The number of phenolic OH excluding ortho intramolecular Hbond substituents is 1. The van der Waals surface area contributed by atoms with Gasteiger partial charge < -0.3 is 10.8 Å². The van der Waals surface area contributed by atoms with E-state index in [1.165, 1.54) is 6.07 Å². The molecule has 0 bridgehead atoms. The van der Waals surface area contributed by atoms with E-state index in [-0.39, 0.29) is 16.7 Å². The zero-order valence-electron chi connectivity index (χ0n) is 9.13. The Hall–Kier alpha value is -1.16. The number of aryl methyl sites for hydroxylation is 1. The second-order valence-corrected chi connectivity index (χ2v) is 4.52. The SMILES string of the molecule is Cc1cc(C2(CN)CC2)cc(C(F)F)c1O. The van der Waals surface area contributed by atoms with E-state index >= 15 is 0 Å². The van der Waals surface area contributed by atoms with Crippen LogP contribution in [0.2, 0.25) is 0 Å². The number of nitrogens with two attached hydrogens (primary N) is 1. The number of rotatable bonds is 3. The van der Waals surface area contributed by atoms with E-state index in [1.54, 1.807) is 13.0 Å². The van der Waals surface area contributed by atoms with Gasteiger partial charge in [0.1, 0.15) is 5.75 Å². The Balaban J connectivity index is 2.49. The maximum atomic E-state index is 12.7. The molecule has 0 atom stereocenters. The molecular formula is C12H15F2NO. The molecule has 0 amide bonds. The molecule has 0 unspecified atom stereocenters. The first kappa shape index (κ1) is 11.3. The molecule has 1 fully saturated rings. The van der Waals surface area contributed by atoms with Crippen LogP contribution in [0.3, 0.4) is 0 Å². The summed E-state index contributed by atoms with van der Waals surface area (Å²) in [7, 11) is 0. The first-order valence-corrected chi connectivity index (χ1v) is 5.32. The summed E-state index contributed by atoms with van der Waals surface area (Å²) < 4.78 is 25.4. The predicted molar refractivity (Wildman–Crippen MR) is 57.8 cm³/mol. The Labute approximate surface area is 93.1 Å². The molecule has 0 aliphatic heterocycles. The van der Waals surface area contributed by atoms with Crippen molar-refractivity contribution in [3.8, 4) is 5.75 Å². The molecule has 1 aliphatic carbocycles. The largest absolute Gasteiger partial charge is 0.507 e. The summed E-state index contributed by atoms with van der Waals surface area (Å²) in [5.74, 6) is -0.299. The fourth-order valence-corrected chi connectivity index (χ4v) is 2.04. The van der Waals surface area contributed by atoms with E-state index in [0.717, 1.165) is 18.4 Å². The third-order valence-electron chi connectivity index (χ3n) is 3.42. The number of halogens is 2. The molecule has 4 heteroatoms. The first-order valence-electron chi connectivity index (χ1n) is 5.32. The summed E-state index contributed by atoms with van der Waals surface area (Å²) in [6.45, 7) is 2.11. The molecule has 88 valence electrons. The molecule has 0 saturated heterocycles. The molecule has 0 radical (unpaired) electrons. The number of hydrogen-bond acceptors (Lipinski definition) is 2. The highest BCUT2D eigenvalue weighted by Crippen LogP contribution is 2.49. The minimum atomic E-state index is -2.65. The number of aromatic hydroxyl groups is 1. The van der Waals surface area contributed by atoms with E-state index in [2.05, 4.69) is 0 Å². The predicted octanol–water partition coefficient (Wildman–Crippen LogP) is 2.63. The summed E-state index contributed by atoms with van der Waals surface area (Å²) in [6.07, 6.45) is -0.764. The topological polar surface area (TPSA) is 46.2 Å². The van der Waals surface area contributed by atoms with E-state index in [1.807, 2.05) is 0 Å². The number of hydrogen-bond donors (Lipinski definition) is 2. The molecule has 0 spiro atoms. The molecular weight excluding hydrogens is 212 g/mol. The molecule has 1 aromatic carbocycles. The van der Waals surface area contributed by atoms with Crippen molar-refractivity contribution in [1.82, 2.24) is 0 Å². The van der Waals surface area contributed by atoms with Gasteiger partial charge in [-0.2, -0.15) is 0 Å². The molecule has 16 heavy (non-hydrogen) atoms. The maximum Gasteiger partial charge on any atom is 0.267 e. The lowest BCUT2D eigenvalue weighted by Crippen LogP contribution is -2.20. The van der Waals surface area contributed by atoms with Crippen molar-refractivity contribution in [3.05, 3.63) is 28.8 Å². The van der Waals surface area contributed by atoms with Crippen LogP contribution in [0.25, 0.3) is 0 Å². The maximum absolute atomic E-state index is 12.7. The third kappa shape index (κ3) is 1.67. The minimum absolute atomic E-state index is 0.123. The van der Waals surface area contributed by atoms with Crippen molar-refractivity contribution in [2.45, 2.75) is 31.6 Å². The van der Waals surface area contributed by atoms with Crippen LogP contribution in [0, 0.1) is 6.92 Å². The molecule has 2 rings (SSSR count). The van der Waals surface area contributed by atoms with Gasteiger partial charge in [0.25, 0.3) is 6.43 Å². The minimum Gasteiger partial charge on any atom is -0.507 e. The van der Waals surface area contributed by atoms with Crippen LogP contribution in [0.4, 0.5) is 8.78 Å². The lowest BCUT2D eigenvalue weighted by atomic mass is 9.92. The number of phenols is 1. The van der Waals surface area contributed by atoms with Crippen LogP contribution in [0.15, 0.2) is 12.1 Å². The van der Waals surface area contributed by atoms with E-state index in [9.17, 15) is 13.9 Å². The summed E-state index contributed by atoms with van der Waals surface area (Å²) >= 11 is 0. The van der Waals surface area contributed by atoms with Gasteiger partial charge in [-0.1, -0.05) is 6.07 Å². The number of benzene rings is 1. The van der Waals surface area contributed by atoms with Gasteiger partial charge in [0, 0.05) is 12.0 Å². The molecule has 1 aliphatic rings. The van der Waals surface area contributed by atoms with E-state index in [0.29, 0.717) is 12.1 Å². The quantitative estimate of drug-likeness (QED) is 0.833. The average molecular weight is 227 g/mol. The van der Waals surface area contributed by atoms with Crippen molar-refractivity contribution in [3.63, 3.8) is 0 Å². The van der Waals surface area contributed by atoms with Gasteiger partial charge in [-0.3, -0.25) is 0 Å². The molecule has 3 N–H and O–H groups in total. The average Bonchev–Trinajstić information content (AvgIpc) is 3.02. The summed E-state index contributed by atoms with van der Waals surface area (Å²) in [5, 5.41) is 9.54. The lowest BCUT2D eigenvalue weighted by Gasteiger charge is -2.16. The van der Waals surface area contributed by atoms with Crippen molar-refractivity contribution in [2.75, 3.05) is 6.54 Å². The van der Waals surface area contributed by atoms with Gasteiger partial charge in [0.2, 0.25) is 0 Å². The van der Waals surface area contributed by atoms with Gasteiger partial charge in [0.05, 0.1) is 5.56 Å². The highest BCUT2D eigenvalue weighted by molar-refractivity contribution is 5.47. The summed E-state index contributed by atoms with van der Waals surface area (Å²) in [6, 6.07) is 3.16. The van der Waals surface area contributed by atoms with Crippen LogP contribution in [-0.2, 0) is 5.41 Å². The Morgan fingerprint density at radius 2 is 2.06 bits per heavy atom. The Morgan fingerprint density at radius 3 is 2.50 bits per heavy atom. The van der Waals surface area contributed by atoms with Crippen LogP contribution in [0.1, 0.15) is 36.0 Å². The van der Waals surface area contributed by atoms with Gasteiger partial charge in [0.15, 0.2) is 0 Å². The Morgan fingerprint density at radius 1 is 1.44 bits per heavy atom. The van der Waals surface area contributed by atoms with Crippen LogP contribution >= 0.6 is 0 Å². The van der Waals surface area contributed by atoms with Crippen molar-refractivity contribution in [2.24, 2.45) is 5.73 Å². The fourth-order valence-electron chi connectivity index (χ4n) is 2.04. The van der Waals surface area contributed by atoms with Crippen molar-refractivity contribution >= 4 is 0 Å². The van der Waals surface area contributed by atoms with Gasteiger partial charge in [-0.05, 0) is 37.0 Å². The highest BCUT2D eigenvalue weighted by atomic mass is 19.3. The van der Waals surface area contributed by atoms with Gasteiger partial charge >= 0.3 is 0 Å². The molecule has 2 nitrogen and oxygen atoms in total. The number of alkyl halides is 2. The second-order valence-electron chi connectivity index (χ2n) is 4.52. The molecule has 1 saturated carbocycles. The standard InChI is InChI=1S/C12H15F2NO/c1-7-4-8(12(6-15)2-3-12)5-9(10(7)16)11(13)14/h4-5,11,16H,2-3,6,15H2,1H3. The lowest BCUT2D eigenvalue weighted by molar-refractivity contribution is 0.147. The monoisotopic (exact) mass is 227 g/mol. The summed E-state index contributed by atoms with van der Waals surface area (Å²) in [5.41, 5.74) is 6.59. The summed E-state index contributed by atoms with van der Waals surface area (Å²) in [4.78, 5) is 0. The highest BCUT2D eigenvalue weighted by Gasteiger charge is 2.43. The second kappa shape index (κ2) is 3.70. The Bertz CT molecular complexity index is 414. The van der Waals surface area contributed by atoms with E-state index < -0.39 is 6.43 Å². The van der Waals surface area contributed by atoms with Crippen molar-refractivity contribution < 1.29 is 13.9 Å². The molecule has 1 aromatic rings. The zero-order chi connectivity index (χ0) is 11.9. The third-order valence-corrected chi connectivity index (χ3v) is 3.42. The van der Waals surface area contributed by atoms with Crippen molar-refractivity contribution in [1.29, 1.82) is 0 Å². The first-order chi connectivity index (χ1) is 7.50. The zero-order valence-corrected chi connectivity index (χ0v) is 9.13. The normalized spacial score (nSPS) is 17.8. The van der Waals surface area contributed by atoms with Gasteiger partial charge in [-0.25, -0.2) is 8.78 Å². The Kier molecular flexibility index (Phi) is 2.62. The molecule has 0 aromatic heterocycles. The molecule has 0 heterocycles.